The standard InChI is InChI=1S/C20H19N3O/c1-14-6-5-9-16(12-14)19-17(13-24)18(15-7-3-2-4-8-15)22-20-21-10-11-23(19)20/h2-13,17-19H,1H3,(H,21,22)/t17-,18-,19+/m0/s1. The van der Waals surface area contributed by atoms with E-state index in [0.717, 1.165) is 23.4 Å². The molecule has 0 fully saturated rings. The molecule has 3 aromatic rings. The van der Waals surface area contributed by atoms with Crippen LogP contribution >= 0.6 is 0 Å². The largest absolute Gasteiger partial charge is 0.348 e. The number of aryl methyl sites for hydroxylation is 1. The SMILES string of the molecule is Cc1cccc([C@@H]2[C@@H](C=O)[C@H](c3ccccc3)Nc3nccn32)c1. The molecule has 1 N–H and O–H groups in total. The van der Waals surface area contributed by atoms with Crippen LogP contribution in [0, 0.1) is 12.8 Å². The van der Waals surface area contributed by atoms with Gasteiger partial charge in [-0.15, -0.1) is 0 Å². The Bertz CT molecular complexity index is 856. The van der Waals surface area contributed by atoms with Crippen molar-refractivity contribution in [3.63, 3.8) is 0 Å². The van der Waals surface area contributed by atoms with Crippen molar-refractivity contribution in [2.24, 2.45) is 5.92 Å². The van der Waals surface area contributed by atoms with Crippen LogP contribution in [0.3, 0.4) is 0 Å². The fourth-order valence-corrected chi connectivity index (χ4v) is 3.61. The van der Waals surface area contributed by atoms with Gasteiger partial charge in [0.25, 0.3) is 0 Å². The number of nitrogens with one attached hydrogen (secondary N) is 1. The molecule has 24 heavy (non-hydrogen) atoms. The first-order chi connectivity index (χ1) is 11.8. The van der Waals surface area contributed by atoms with Gasteiger partial charge in [0.1, 0.15) is 6.29 Å². The number of hydrogen-bond donors (Lipinski definition) is 1. The summed E-state index contributed by atoms with van der Waals surface area (Å²) in [6.07, 6.45) is 4.79. The van der Waals surface area contributed by atoms with E-state index in [9.17, 15) is 4.79 Å². The minimum atomic E-state index is -0.212. The lowest BCUT2D eigenvalue weighted by Crippen LogP contribution is -2.37. The number of hydrogen-bond acceptors (Lipinski definition) is 3. The van der Waals surface area contributed by atoms with E-state index in [4.69, 9.17) is 0 Å². The first-order valence-corrected chi connectivity index (χ1v) is 8.14. The van der Waals surface area contributed by atoms with Crippen molar-refractivity contribution in [3.05, 3.63) is 83.7 Å². The van der Waals surface area contributed by atoms with Gasteiger partial charge < -0.3 is 14.7 Å². The second kappa shape index (κ2) is 5.96. The molecule has 4 heteroatoms. The number of carbonyl (C=O) groups excluding carboxylic acids is 1. The Labute approximate surface area is 141 Å². The third kappa shape index (κ3) is 2.40. The van der Waals surface area contributed by atoms with Crippen LogP contribution in [-0.2, 0) is 4.79 Å². The summed E-state index contributed by atoms with van der Waals surface area (Å²) in [6, 6.07) is 18.3. The van der Waals surface area contributed by atoms with Gasteiger partial charge in [-0.05, 0) is 18.1 Å². The molecule has 2 aromatic carbocycles. The minimum absolute atomic E-state index is 0.0636. The van der Waals surface area contributed by atoms with Gasteiger partial charge in [-0.3, -0.25) is 0 Å². The van der Waals surface area contributed by atoms with E-state index in [1.807, 2.05) is 30.5 Å². The monoisotopic (exact) mass is 317 g/mol. The zero-order valence-electron chi connectivity index (χ0n) is 13.5. The van der Waals surface area contributed by atoms with E-state index in [-0.39, 0.29) is 18.0 Å². The van der Waals surface area contributed by atoms with Crippen LogP contribution < -0.4 is 5.32 Å². The Hall–Kier alpha value is -2.88. The van der Waals surface area contributed by atoms with Crippen molar-refractivity contribution in [3.8, 4) is 0 Å². The molecular weight excluding hydrogens is 298 g/mol. The number of aldehydes is 1. The Morgan fingerprint density at radius 3 is 2.62 bits per heavy atom. The van der Waals surface area contributed by atoms with Crippen molar-refractivity contribution >= 4 is 12.2 Å². The molecule has 1 aliphatic heterocycles. The van der Waals surface area contributed by atoms with Crippen LogP contribution in [0.1, 0.15) is 28.8 Å². The molecule has 0 radical (unpaired) electrons. The maximum Gasteiger partial charge on any atom is 0.203 e. The van der Waals surface area contributed by atoms with Crippen molar-refractivity contribution < 1.29 is 4.79 Å². The molecule has 0 bridgehead atoms. The number of nitrogens with zero attached hydrogens (tertiary/aromatic N) is 2. The molecule has 0 spiro atoms. The number of imidazole rings is 1. The summed E-state index contributed by atoms with van der Waals surface area (Å²) in [5.41, 5.74) is 3.42. The summed E-state index contributed by atoms with van der Waals surface area (Å²) in [5, 5.41) is 3.43. The molecule has 4 nitrogen and oxygen atoms in total. The fraction of sp³-hybridized carbons (Fsp3) is 0.200. The Kier molecular flexibility index (Phi) is 3.65. The molecular formula is C20H19N3O. The van der Waals surface area contributed by atoms with Crippen LogP contribution in [0.25, 0.3) is 0 Å². The Morgan fingerprint density at radius 2 is 1.88 bits per heavy atom. The molecule has 0 saturated carbocycles. The van der Waals surface area contributed by atoms with Gasteiger partial charge in [-0.1, -0.05) is 60.2 Å². The highest BCUT2D eigenvalue weighted by atomic mass is 16.1. The first-order valence-electron chi connectivity index (χ1n) is 8.14. The van der Waals surface area contributed by atoms with Gasteiger partial charge in [0, 0.05) is 12.4 Å². The number of aromatic nitrogens is 2. The van der Waals surface area contributed by atoms with E-state index >= 15 is 0 Å². The summed E-state index contributed by atoms with van der Waals surface area (Å²) in [5.74, 6) is 0.587. The molecule has 0 unspecified atom stereocenters. The predicted octanol–water partition coefficient (Wildman–Crippen LogP) is 3.76. The molecule has 1 aromatic heterocycles. The summed E-state index contributed by atoms with van der Waals surface area (Å²) < 4.78 is 2.06. The maximum atomic E-state index is 12.1. The lowest BCUT2D eigenvalue weighted by atomic mass is 9.83. The lowest BCUT2D eigenvalue weighted by molar-refractivity contribution is -0.112. The molecule has 2 heterocycles. The van der Waals surface area contributed by atoms with Gasteiger partial charge in [0.05, 0.1) is 18.0 Å². The number of anilines is 1. The highest BCUT2D eigenvalue weighted by Crippen LogP contribution is 2.41. The molecule has 3 atom stereocenters. The Balaban J connectivity index is 1.86. The van der Waals surface area contributed by atoms with Gasteiger partial charge in [-0.2, -0.15) is 0 Å². The predicted molar refractivity (Wildman–Crippen MR) is 93.9 cm³/mol. The van der Waals surface area contributed by atoms with Crippen LogP contribution in [-0.4, -0.2) is 15.8 Å². The van der Waals surface area contributed by atoms with E-state index in [0.29, 0.717) is 0 Å². The normalized spacial score (nSPS) is 22.5. The van der Waals surface area contributed by atoms with E-state index < -0.39 is 0 Å². The topological polar surface area (TPSA) is 46.9 Å². The quantitative estimate of drug-likeness (QED) is 0.748. The molecule has 0 amide bonds. The number of rotatable bonds is 3. The molecule has 1 aliphatic rings. The number of carbonyl (C=O) groups is 1. The minimum Gasteiger partial charge on any atom is -0.348 e. The first kappa shape index (κ1) is 14.7. The van der Waals surface area contributed by atoms with E-state index in [2.05, 4.69) is 52.1 Å². The average molecular weight is 317 g/mol. The molecule has 4 rings (SSSR count). The van der Waals surface area contributed by atoms with Gasteiger partial charge in [-0.25, -0.2) is 4.98 Å². The van der Waals surface area contributed by atoms with Crippen molar-refractivity contribution in [2.45, 2.75) is 19.0 Å². The molecule has 120 valence electrons. The molecule has 0 aliphatic carbocycles. The van der Waals surface area contributed by atoms with Crippen molar-refractivity contribution in [1.82, 2.24) is 9.55 Å². The average Bonchev–Trinajstić information content (AvgIpc) is 3.09. The maximum absolute atomic E-state index is 12.1. The van der Waals surface area contributed by atoms with Crippen molar-refractivity contribution in [2.75, 3.05) is 5.32 Å². The van der Waals surface area contributed by atoms with E-state index in [1.54, 1.807) is 6.20 Å². The highest BCUT2D eigenvalue weighted by Gasteiger charge is 2.38. The second-order valence-electron chi connectivity index (χ2n) is 6.26. The summed E-state index contributed by atoms with van der Waals surface area (Å²) in [7, 11) is 0. The van der Waals surface area contributed by atoms with Crippen molar-refractivity contribution in [1.29, 1.82) is 0 Å². The Morgan fingerprint density at radius 1 is 1.08 bits per heavy atom. The van der Waals surface area contributed by atoms with Crippen LogP contribution in [0.5, 0.6) is 0 Å². The third-order valence-corrected chi connectivity index (χ3v) is 4.70. The fourth-order valence-electron chi connectivity index (χ4n) is 3.61. The van der Waals surface area contributed by atoms with Gasteiger partial charge >= 0.3 is 0 Å². The van der Waals surface area contributed by atoms with E-state index in [1.165, 1.54) is 5.56 Å². The second-order valence-corrected chi connectivity index (χ2v) is 6.26. The number of fused-ring (bicyclic) bond motifs is 1. The lowest BCUT2D eigenvalue weighted by Gasteiger charge is -2.38. The smallest absolute Gasteiger partial charge is 0.203 e. The zero-order valence-corrected chi connectivity index (χ0v) is 13.5. The van der Waals surface area contributed by atoms with Gasteiger partial charge in [0.15, 0.2) is 0 Å². The van der Waals surface area contributed by atoms with Crippen LogP contribution in [0.15, 0.2) is 67.0 Å². The number of benzene rings is 2. The summed E-state index contributed by atoms with van der Waals surface area (Å²) in [6.45, 7) is 2.07. The van der Waals surface area contributed by atoms with Gasteiger partial charge in [0.2, 0.25) is 5.95 Å². The summed E-state index contributed by atoms with van der Waals surface area (Å²) in [4.78, 5) is 16.5. The van der Waals surface area contributed by atoms with Crippen LogP contribution in [0.4, 0.5) is 5.95 Å². The van der Waals surface area contributed by atoms with Crippen LogP contribution in [0.2, 0.25) is 0 Å². The molecule has 0 saturated heterocycles. The third-order valence-electron chi connectivity index (χ3n) is 4.70. The zero-order chi connectivity index (χ0) is 16.5. The summed E-state index contributed by atoms with van der Waals surface area (Å²) >= 11 is 0. The highest BCUT2D eigenvalue weighted by molar-refractivity contribution is 5.62.